The van der Waals surface area contributed by atoms with E-state index in [1.165, 1.54) is 30.2 Å². The molecule has 2 heterocycles. The predicted octanol–water partition coefficient (Wildman–Crippen LogP) is 3.87. The maximum atomic E-state index is 4.52. The molecule has 138 valence electrons. The van der Waals surface area contributed by atoms with Crippen LogP contribution in [0, 0.1) is 0 Å². The summed E-state index contributed by atoms with van der Waals surface area (Å²) in [5.41, 5.74) is 3.33. The van der Waals surface area contributed by atoms with Gasteiger partial charge >= 0.3 is 0 Å². The maximum Gasteiger partial charge on any atom is 0.230 e. The lowest BCUT2D eigenvalue weighted by atomic mass is 10.1. The summed E-state index contributed by atoms with van der Waals surface area (Å²) in [6.07, 6.45) is 2.64. The van der Waals surface area contributed by atoms with Crippen LogP contribution in [0.2, 0.25) is 0 Å². The second kappa shape index (κ2) is 8.97. The maximum absolute atomic E-state index is 4.52. The van der Waals surface area contributed by atoms with Gasteiger partial charge in [-0.2, -0.15) is 16.7 Å². The number of aromatic nitrogens is 3. The van der Waals surface area contributed by atoms with Crippen molar-refractivity contribution >= 4 is 23.4 Å². The number of nitrogens with zero attached hydrogens (tertiary/aromatic N) is 4. The Labute approximate surface area is 164 Å². The first-order chi connectivity index (χ1) is 13.4. The molecule has 1 aliphatic heterocycles. The topological polar surface area (TPSA) is 53.9 Å². The lowest BCUT2D eigenvalue weighted by Crippen LogP contribution is -2.34. The average Bonchev–Trinajstić information content (AvgIpc) is 2.75. The van der Waals surface area contributed by atoms with E-state index in [0.717, 1.165) is 24.2 Å². The number of hydrogen-bond donors (Lipinski definition) is 1. The van der Waals surface area contributed by atoms with E-state index < -0.39 is 0 Å². The average molecular weight is 378 g/mol. The van der Waals surface area contributed by atoms with Crippen LogP contribution in [0.3, 0.4) is 0 Å². The molecule has 3 aromatic rings. The van der Waals surface area contributed by atoms with Gasteiger partial charge in [-0.3, -0.25) is 0 Å². The molecule has 0 radical (unpaired) electrons. The van der Waals surface area contributed by atoms with Crippen molar-refractivity contribution in [3.05, 3.63) is 66.5 Å². The SMILES string of the molecule is c1ccc(-c2ncnc(Nc3ccc(CCN4CCSCC4)cc3)n2)cc1. The van der Waals surface area contributed by atoms with Crippen LogP contribution >= 0.6 is 11.8 Å². The lowest BCUT2D eigenvalue weighted by molar-refractivity contribution is 0.306. The zero-order chi connectivity index (χ0) is 18.3. The summed E-state index contributed by atoms with van der Waals surface area (Å²) in [7, 11) is 0. The Morgan fingerprint density at radius 3 is 2.48 bits per heavy atom. The largest absolute Gasteiger partial charge is 0.324 e. The van der Waals surface area contributed by atoms with Crippen molar-refractivity contribution in [2.75, 3.05) is 36.5 Å². The summed E-state index contributed by atoms with van der Waals surface area (Å²) in [4.78, 5) is 15.6. The van der Waals surface area contributed by atoms with Crippen LogP contribution < -0.4 is 5.32 Å². The molecule has 0 aliphatic carbocycles. The Bertz CT molecular complexity index is 848. The Hall–Kier alpha value is -2.44. The highest BCUT2D eigenvalue weighted by molar-refractivity contribution is 7.99. The number of hydrogen-bond acceptors (Lipinski definition) is 6. The van der Waals surface area contributed by atoms with Gasteiger partial charge in [-0.25, -0.2) is 9.97 Å². The summed E-state index contributed by atoms with van der Waals surface area (Å²) in [5, 5.41) is 3.27. The van der Waals surface area contributed by atoms with Crippen molar-refractivity contribution in [3.8, 4) is 11.4 Å². The van der Waals surface area contributed by atoms with Gasteiger partial charge in [-0.1, -0.05) is 42.5 Å². The van der Waals surface area contributed by atoms with Gasteiger partial charge in [0.15, 0.2) is 5.82 Å². The van der Waals surface area contributed by atoms with Crippen LogP contribution in [0.15, 0.2) is 60.9 Å². The minimum Gasteiger partial charge on any atom is -0.324 e. The molecule has 27 heavy (non-hydrogen) atoms. The molecule has 5 nitrogen and oxygen atoms in total. The second-order valence-electron chi connectivity index (χ2n) is 6.52. The molecule has 6 heteroatoms. The first-order valence-electron chi connectivity index (χ1n) is 9.27. The van der Waals surface area contributed by atoms with Crippen molar-refractivity contribution in [2.24, 2.45) is 0 Å². The fraction of sp³-hybridized carbons (Fsp3) is 0.286. The van der Waals surface area contributed by atoms with Crippen LogP contribution in [-0.4, -0.2) is 51.0 Å². The van der Waals surface area contributed by atoms with Gasteiger partial charge in [0.25, 0.3) is 0 Å². The molecule has 1 aliphatic rings. The normalized spacial score (nSPS) is 14.8. The van der Waals surface area contributed by atoms with E-state index in [1.807, 2.05) is 30.3 Å². The zero-order valence-electron chi connectivity index (χ0n) is 15.2. The van der Waals surface area contributed by atoms with Crippen molar-refractivity contribution in [1.82, 2.24) is 19.9 Å². The Morgan fingerprint density at radius 2 is 1.70 bits per heavy atom. The molecule has 1 N–H and O–H groups in total. The van der Waals surface area contributed by atoms with Crippen LogP contribution in [-0.2, 0) is 6.42 Å². The standard InChI is InChI=1S/C21H23N5S/c1-2-4-18(5-3-1)20-22-16-23-21(25-20)24-19-8-6-17(7-9-19)10-11-26-12-14-27-15-13-26/h1-9,16H,10-15H2,(H,22,23,24,25). The van der Waals surface area contributed by atoms with Gasteiger partial charge in [0, 0.05) is 42.4 Å². The fourth-order valence-electron chi connectivity index (χ4n) is 3.08. The third-order valence-corrected chi connectivity index (χ3v) is 5.58. The molecule has 0 saturated carbocycles. The van der Waals surface area contributed by atoms with Crippen molar-refractivity contribution in [3.63, 3.8) is 0 Å². The highest BCUT2D eigenvalue weighted by Gasteiger charge is 2.10. The quantitative estimate of drug-likeness (QED) is 0.704. The highest BCUT2D eigenvalue weighted by atomic mass is 32.2. The number of anilines is 2. The molecule has 1 saturated heterocycles. The van der Waals surface area contributed by atoms with Gasteiger partial charge < -0.3 is 10.2 Å². The van der Waals surface area contributed by atoms with Gasteiger partial charge in [0.1, 0.15) is 6.33 Å². The monoisotopic (exact) mass is 377 g/mol. The van der Waals surface area contributed by atoms with E-state index in [9.17, 15) is 0 Å². The van der Waals surface area contributed by atoms with Crippen LogP contribution in [0.4, 0.5) is 11.6 Å². The van der Waals surface area contributed by atoms with E-state index >= 15 is 0 Å². The molecular weight excluding hydrogens is 354 g/mol. The molecule has 1 fully saturated rings. The first-order valence-corrected chi connectivity index (χ1v) is 10.4. The molecule has 2 aromatic carbocycles. The molecule has 0 unspecified atom stereocenters. The molecule has 0 bridgehead atoms. The zero-order valence-corrected chi connectivity index (χ0v) is 16.0. The number of benzene rings is 2. The minimum absolute atomic E-state index is 0.558. The van der Waals surface area contributed by atoms with Gasteiger partial charge in [0.05, 0.1) is 0 Å². The van der Waals surface area contributed by atoms with Crippen molar-refractivity contribution in [1.29, 1.82) is 0 Å². The Kier molecular flexibility index (Phi) is 5.96. The number of rotatable bonds is 6. The number of nitrogens with one attached hydrogen (secondary N) is 1. The minimum atomic E-state index is 0.558. The summed E-state index contributed by atoms with van der Waals surface area (Å²) < 4.78 is 0. The third-order valence-electron chi connectivity index (χ3n) is 4.63. The summed E-state index contributed by atoms with van der Waals surface area (Å²) >= 11 is 2.06. The third kappa shape index (κ3) is 5.05. The van der Waals surface area contributed by atoms with Crippen LogP contribution in [0.25, 0.3) is 11.4 Å². The van der Waals surface area contributed by atoms with Crippen molar-refractivity contribution < 1.29 is 0 Å². The Morgan fingerprint density at radius 1 is 0.926 bits per heavy atom. The van der Waals surface area contributed by atoms with Gasteiger partial charge in [0.2, 0.25) is 5.95 Å². The fourth-order valence-corrected chi connectivity index (χ4v) is 4.06. The molecule has 4 rings (SSSR count). The first kappa shape index (κ1) is 17.9. The van der Waals surface area contributed by atoms with E-state index in [4.69, 9.17) is 0 Å². The van der Waals surface area contributed by atoms with Crippen LogP contribution in [0.5, 0.6) is 0 Å². The molecule has 0 atom stereocenters. The lowest BCUT2D eigenvalue weighted by Gasteiger charge is -2.26. The molecule has 0 spiro atoms. The Balaban J connectivity index is 1.37. The summed E-state index contributed by atoms with van der Waals surface area (Å²) in [6.45, 7) is 3.57. The second-order valence-corrected chi connectivity index (χ2v) is 7.75. The van der Waals surface area contributed by atoms with Gasteiger partial charge in [-0.05, 0) is 24.1 Å². The summed E-state index contributed by atoms with van der Waals surface area (Å²) in [5.74, 6) is 3.76. The van der Waals surface area contributed by atoms with Crippen LogP contribution in [0.1, 0.15) is 5.56 Å². The summed E-state index contributed by atoms with van der Waals surface area (Å²) in [6, 6.07) is 18.5. The van der Waals surface area contributed by atoms with E-state index in [1.54, 1.807) is 6.33 Å². The molecular formula is C21H23N5S. The van der Waals surface area contributed by atoms with E-state index in [2.05, 4.69) is 61.2 Å². The molecule has 1 aromatic heterocycles. The predicted molar refractivity (Wildman–Crippen MR) is 112 cm³/mol. The number of thioether (sulfide) groups is 1. The van der Waals surface area contributed by atoms with Gasteiger partial charge in [-0.15, -0.1) is 0 Å². The highest BCUT2D eigenvalue weighted by Crippen LogP contribution is 2.18. The van der Waals surface area contributed by atoms with E-state index in [-0.39, 0.29) is 0 Å². The smallest absolute Gasteiger partial charge is 0.230 e. The molecule has 0 amide bonds. The van der Waals surface area contributed by atoms with E-state index in [0.29, 0.717) is 11.8 Å². The van der Waals surface area contributed by atoms with Crippen molar-refractivity contribution in [2.45, 2.75) is 6.42 Å².